The van der Waals surface area contributed by atoms with Gasteiger partial charge in [-0.3, -0.25) is 9.59 Å². The molecule has 0 bridgehead atoms. The van der Waals surface area contributed by atoms with Crippen molar-refractivity contribution in [3.05, 3.63) is 82.9 Å². The van der Waals surface area contributed by atoms with E-state index in [0.717, 1.165) is 12.1 Å². The summed E-state index contributed by atoms with van der Waals surface area (Å²) in [6.45, 7) is 0.237. The second-order valence-corrected chi connectivity index (χ2v) is 13.7. The number of carbonyl (C=O) groups is 3. The molecule has 4 amide bonds. The number of anilines is 2. The zero-order chi connectivity index (χ0) is 33.3. The number of ether oxygens (including phenoxy) is 1. The predicted octanol–water partition coefficient (Wildman–Crippen LogP) is 4.62. The average Bonchev–Trinajstić information content (AvgIpc) is 3.78. The van der Waals surface area contributed by atoms with Crippen LogP contribution in [0.4, 0.5) is 25.0 Å². The molecule has 2 atom stereocenters. The number of sulfone groups is 1. The number of nitrogens with one attached hydrogen (secondary N) is 2. The number of amides is 4. The SMILES string of the molecule is COc1cc([C@@H](Nc2cc(C(N)=O)ccc2F)C(=O)N2CCC[C@@H]2c2cc(NC(=O)N(C)C)ccc2S(=O)(=O)C2CC2)ccc1F. The number of hydrogen-bond acceptors (Lipinski definition) is 7. The zero-order valence-electron chi connectivity index (χ0n) is 25.5. The van der Waals surface area contributed by atoms with Crippen molar-refractivity contribution in [1.29, 1.82) is 0 Å². The van der Waals surface area contributed by atoms with Crippen molar-refractivity contribution in [2.24, 2.45) is 5.73 Å². The van der Waals surface area contributed by atoms with Gasteiger partial charge in [-0.15, -0.1) is 0 Å². The van der Waals surface area contributed by atoms with E-state index in [0.29, 0.717) is 36.9 Å². The number of methoxy groups -OCH3 is 1. The third-order valence-corrected chi connectivity index (χ3v) is 10.5. The van der Waals surface area contributed by atoms with Gasteiger partial charge >= 0.3 is 6.03 Å². The lowest BCUT2D eigenvalue weighted by Gasteiger charge is -2.31. The van der Waals surface area contributed by atoms with Crippen LogP contribution in [0.2, 0.25) is 0 Å². The lowest BCUT2D eigenvalue weighted by molar-refractivity contribution is -0.133. The van der Waals surface area contributed by atoms with Crippen LogP contribution in [0.15, 0.2) is 59.5 Å². The van der Waals surface area contributed by atoms with Gasteiger partial charge in [0.1, 0.15) is 11.9 Å². The molecule has 11 nitrogen and oxygen atoms in total. The van der Waals surface area contributed by atoms with Crippen LogP contribution >= 0.6 is 0 Å². The minimum absolute atomic E-state index is 0.00246. The molecule has 0 radical (unpaired) electrons. The highest BCUT2D eigenvalue weighted by Gasteiger charge is 2.42. The molecule has 14 heteroatoms. The van der Waals surface area contributed by atoms with Crippen LogP contribution in [0.5, 0.6) is 5.75 Å². The summed E-state index contributed by atoms with van der Waals surface area (Å²) in [6, 6.07) is 9.31. The Morgan fingerprint density at radius 1 is 1.00 bits per heavy atom. The number of hydrogen-bond donors (Lipinski definition) is 3. The fourth-order valence-electron chi connectivity index (χ4n) is 5.55. The van der Waals surface area contributed by atoms with E-state index in [1.807, 2.05) is 0 Å². The predicted molar refractivity (Wildman–Crippen MR) is 167 cm³/mol. The van der Waals surface area contributed by atoms with E-state index >= 15 is 4.39 Å². The maximum Gasteiger partial charge on any atom is 0.321 e. The first-order valence-corrected chi connectivity index (χ1v) is 16.2. The molecule has 4 N–H and O–H groups in total. The van der Waals surface area contributed by atoms with E-state index in [1.54, 1.807) is 20.2 Å². The fourth-order valence-corrected chi connectivity index (χ4v) is 7.44. The van der Waals surface area contributed by atoms with E-state index in [9.17, 15) is 27.2 Å². The highest BCUT2D eigenvalue weighted by atomic mass is 32.2. The summed E-state index contributed by atoms with van der Waals surface area (Å²) >= 11 is 0. The number of urea groups is 1. The van der Waals surface area contributed by atoms with E-state index in [1.165, 1.54) is 53.3 Å². The molecule has 0 unspecified atom stereocenters. The van der Waals surface area contributed by atoms with Crippen LogP contribution < -0.4 is 21.1 Å². The molecule has 2 aliphatic rings. The van der Waals surface area contributed by atoms with E-state index in [2.05, 4.69) is 10.6 Å². The number of primary amides is 1. The number of nitrogens with two attached hydrogens (primary N) is 1. The maximum atomic E-state index is 15.0. The van der Waals surface area contributed by atoms with Gasteiger partial charge in [0, 0.05) is 31.9 Å². The third-order valence-electron chi connectivity index (χ3n) is 8.14. The van der Waals surface area contributed by atoms with Gasteiger partial charge in [0.15, 0.2) is 21.4 Å². The lowest BCUT2D eigenvalue weighted by Crippen LogP contribution is -2.38. The van der Waals surface area contributed by atoms with Crippen molar-refractivity contribution in [2.75, 3.05) is 38.4 Å². The fraction of sp³-hybridized carbons (Fsp3) is 0.344. The van der Waals surface area contributed by atoms with Crippen LogP contribution in [0.25, 0.3) is 0 Å². The van der Waals surface area contributed by atoms with Gasteiger partial charge < -0.3 is 30.9 Å². The molecule has 1 aliphatic carbocycles. The number of rotatable bonds is 10. The summed E-state index contributed by atoms with van der Waals surface area (Å²) in [5.41, 5.74) is 6.14. The van der Waals surface area contributed by atoms with Crippen molar-refractivity contribution >= 4 is 39.1 Å². The lowest BCUT2D eigenvalue weighted by atomic mass is 10.0. The molecule has 0 spiro atoms. The third kappa shape index (κ3) is 6.62. The number of likely N-dealkylation sites (tertiary alicyclic amines) is 1. The summed E-state index contributed by atoms with van der Waals surface area (Å²) in [5.74, 6) is -2.96. The average molecular weight is 656 g/mol. The normalized spacial score (nSPS) is 16.9. The van der Waals surface area contributed by atoms with Crippen molar-refractivity contribution in [1.82, 2.24) is 9.80 Å². The van der Waals surface area contributed by atoms with Crippen LogP contribution in [0.3, 0.4) is 0 Å². The monoisotopic (exact) mass is 655 g/mol. The topological polar surface area (TPSA) is 151 Å². The number of halogens is 2. The van der Waals surface area contributed by atoms with Gasteiger partial charge in [0.05, 0.1) is 29.0 Å². The Bertz CT molecular complexity index is 1800. The Morgan fingerprint density at radius 3 is 2.37 bits per heavy atom. The Labute approximate surface area is 265 Å². The number of benzene rings is 3. The summed E-state index contributed by atoms with van der Waals surface area (Å²) < 4.78 is 61.7. The first kappa shape index (κ1) is 32.7. The van der Waals surface area contributed by atoms with Crippen LogP contribution in [-0.4, -0.2) is 69.1 Å². The first-order valence-electron chi connectivity index (χ1n) is 14.7. The van der Waals surface area contributed by atoms with Crippen molar-refractivity contribution in [3.8, 4) is 5.75 Å². The molecule has 2 fully saturated rings. The molecule has 0 aromatic heterocycles. The van der Waals surface area contributed by atoms with Crippen LogP contribution in [0, 0.1) is 11.6 Å². The first-order chi connectivity index (χ1) is 21.8. The molecular formula is C32H35F2N5O6S. The van der Waals surface area contributed by atoms with Crippen molar-refractivity contribution < 1.29 is 36.3 Å². The Balaban J connectivity index is 1.59. The van der Waals surface area contributed by atoms with Gasteiger partial charge in [-0.2, -0.15) is 0 Å². The quantitative estimate of drug-likeness (QED) is 0.288. The highest BCUT2D eigenvalue weighted by molar-refractivity contribution is 7.92. The van der Waals surface area contributed by atoms with Gasteiger partial charge in [0.2, 0.25) is 11.8 Å². The maximum absolute atomic E-state index is 15.0. The minimum atomic E-state index is -3.73. The van der Waals surface area contributed by atoms with Gasteiger partial charge in [-0.05, 0) is 85.3 Å². The standard InChI is InChI=1S/C32H35F2N5O6S/c1-38(2)32(42)36-20-8-13-28(46(43,44)21-9-10-21)22(17-20)26-5-4-14-39(26)31(41)29(18-6-12-24(34)27(16-18)45-3)37-25-15-19(30(35)40)7-11-23(25)33/h6-8,11-13,15-17,21,26,29,37H,4-5,9-10,14H2,1-3H3,(H2,35,40)(H,36,42)/t26-,29-/m1/s1. The Kier molecular flexibility index (Phi) is 9.20. The molecule has 1 saturated carbocycles. The molecule has 1 heterocycles. The molecular weight excluding hydrogens is 620 g/mol. The molecule has 3 aromatic rings. The van der Waals surface area contributed by atoms with Crippen molar-refractivity contribution in [3.63, 3.8) is 0 Å². The summed E-state index contributed by atoms with van der Waals surface area (Å²) in [6.07, 6.45) is 2.00. The highest BCUT2D eigenvalue weighted by Crippen LogP contribution is 2.43. The van der Waals surface area contributed by atoms with E-state index in [-0.39, 0.29) is 34.0 Å². The molecule has 46 heavy (non-hydrogen) atoms. The number of nitrogens with zero attached hydrogens (tertiary/aromatic N) is 2. The molecule has 1 aliphatic heterocycles. The molecule has 244 valence electrons. The summed E-state index contributed by atoms with van der Waals surface area (Å²) in [5, 5.41) is 5.08. The van der Waals surface area contributed by atoms with Crippen LogP contribution in [-0.2, 0) is 14.6 Å². The molecule has 1 saturated heterocycles. The largest absolute Gasteiger partial charge is 0.494 e. The minimum Gasteiger partial charge on any atom is -0.494 e. The second kappa shape index (κ2) is 12.9. The summed E-state index contributed by atoms with van der Waals surface area (Å²) in [7, 11) is 0.678. The van der Waals surface area contributed by atoms with E-state index < -0.39 is 56.7 Å². The molecule has 5 rings (SSSR count). The smallest absolute Gasteiger partial charge is 0.321 e. The van der Waals surface area contributed by atoms with Gasteiger partial charge in [-0.25, -0.2) is 22.0 Å². The summed E-state index contributed by atoms with van der Waals surface area (Å²) in [4.78, 5) is 41.7. The zero-order valence-corrected chi connectivity index (χ0v) is 26.4. The molecule has 3 aromatic carbocycles. The van der Waals surface area contributed by atoms with Crippen LogP contribution in [0.1, 0.15) is 59.3 Å². The van der Waals surface area contributed by atoms with Gasteiger partial charge in [0.25, 0.3) is 0 Å². The van der Waals surface area contributed by atoms with E-state index in [4.69, 9.17) is 10.5 Å². The van der Waals surface area contributed by atoms with Crippen molar-refractivity contribution in [2.45, 2.75) is 47.9 Å². The Hall–Kier alpha value is -4.72. The second-order valence-electron chi connectivity index (χ2n) is 11.5. The van der Waals surface area contributed by atoms with Gasteiger partial charge in [-0.1, -0.05) is 6.07 Å². The Morgan fingerprint density at radius 2 is 1.72 bits per heavy atom. The number of carbonyl (C=O) groups excluding carboxylic acids is 3.